The molecule has 220 valence electrons. The monoisotopic (exact) mass is 585 g/mol. The van der Waals surface area contributed by atoms with Crippen LogP contribution in [0.4, 0.5) is 4.39 Å². The van der Waals surface area contributed by atoms with E-state index >= 15 is 0 Å². The molecular weight excluding hydrogens is 545 g/mol. The summed E-state index contributed by atoms with van der Waals surface area (Å²) >= 11 is 1.40. The Bertz CT molecular complexity index is 1500. The number of pyridine rings is 1. The zero-order valence-corrected chi connectivity index (χ0v) is 25.7. The predicted molar refractivity (Wildman–Crippen MR) is 170 cm³/mol. The molecule has 0 saturated carbocycles. The molecule has 6 rings (SSSR count). The van der Waals surface area contributed by atoms with Crippen molar-refractivity contribution in [3.63, 3.8) is 0 Å². The van der Waals surface area contributed by atoms with Crippen molar-refractivity contribution in [3.05, 3.63) is 111 Å². The van der Waals surface area contributed by atoms with Gasteiger partial charge in [-0.3, -0.25) is 14.6 Å². The largest absolute Gasteiger partial charge is 0.366 e. The number of carbonyl (C=O) groups excluding carboxylic acids is 2. The number of fused-ring (bicyclic) bond motifs is 2. The molecule has 0 aliphatic heterocycles. The number of nitrogens with zero attached hydrogens (tertiary/aromatic N) is 1. The van der Waals surface area contributed by atoms with Gasteiger partial charge < -0.3 is 11.1 Å². The molecule has 0 atom stereocenters. The summed E-state index contributed by atoms with van der Waals surface area (Å²) in [4.78, 5) is 30.5. The van der Waals surface area contributed by atoms with Crippen molar-refractivity contribution in [2.24, 2.45) is 11.7 Å². The Morgan fingerprint density at radius 3 is 2.17 bits per heavy atom. The van der Waals surface area contributed by atoms with E-state index in [9.17, 15) is 14.0 Å². The average Bonchev–Trinajstić information content (AvgIpc) is 3.74. The Balaban J connectivity index is 0.000000191. The van der Waals surface area contributed by atoms with Crippen LogP contribution in [0.25, 0.3) is 10.4 Å². The molecule has 2 heterocycles. The highest BCUT2D eigenvalue weighted by Crippen LogP contribution is 2.39. The van der Waals surface area contributed by atoms with Crippen LogP contribution in [-0.2, 0) is 32.1 Å². The second-order valence-electron chi connectivity index (χ2n) is 11.2. The van der Waals surface area contributed by atoms with Gasteiger partial charge in [0.1, 0.15) is 5.82 Å². The van der Waals surface area contributed by atoms with E-state index in [0.29, 0.717) is 22.8 Å². The molecule has 0 fully saturated rings. The highest BCUT2D eigenvalue weighted by molar-refractivity contribution is 7.17. The van der Waals surface area contributed by atoms with Gasteiger partial charge in [-0.15, -0.1) is 11.3 Å². The maximum Gasteiger partial charge on any atom is 0.261 e. The van der Waals surface area contributed by atoms with Crippen LogP contribution in [0, 0.1) is 18.7 Å². The van der Waals surface area contributed by atoms with Gasteiger partial charge in [0.2, 0.25) is 0 Å². The maximum absolute atomic E-state index is 12.3. The maximum atomic E-state index is 12.3. The van der Waals surface area contributed by atoms with Crippen LogP contribution in [0.15, 0.2) is 60.7 Å². The van der Waals surface area contributed by atoms with Crippen molar-refractivity contribution in [2.75, 3.05) is 7.05 Å². The zero-order chi connectivity index (χ0) is 30.2. The molecule has 0 unspecified atom stereocenters. The van der Waals surface area contributed by atoms with Crippen LogP contribution in [0.1, 0.15) is 80.4 Å². The van der Waals surface area contributed by atoms with Crippen LogP contribution in [-0.4, -0.2) is 23.8 Å². The number of aryl methyl sites for hydroxylation is 4. The predicted octanol–water partition coefficient (Wildman–Crippen LogP) is 7.27. The fourth-order valence-corrected chi connectivity index (χ4v) is 6.50. The first-order chi connectivity index (χ1) is 20.2. The van der Waals surface area contributed by atoms with E-state index in [1.54, 1.807) is 36.4 Å². The summed E-state index contributed by atoms with van der Waals surface area (Å²) in [6, 6.07) is 18.8. The Hall–Kier alpha value is -3.84. The Morgan fingerprint density at radius 2 is 1.60 bits per heavy atom. The van der Waals surface area contributed by atoms with Gasteiger partial charge in [-0.25, -0.2) is 4.39 Å². The van der Waals surface area contributed by atoms with Crippen LogP contribution in [0.3, 0.4) is 0 Å². The quantitative estimate of drug-likeness (QED) is 0.258. The van der Waals surface area contributed by atoms with Crippen molar-refractivity contribution in [1.29, 1.82) is 0 Å². The molecule has 2 aliphatic carbocycles. The fraction of sp³-hybridized carbons (Fsp3) is 0.343. The minimum Gasteiger partial charge on any atom is -0.366 e. The normalized spacial score (nSPS) is 12.9. The van der Waals surface area contributed by atoms with E-state index in [4.69, 9.17) is 10.7 Å². The Kier molecular flexibility index (Phi) is 10.6. The highest BCUT2D eigenvalue weighted by atomic mass is 32.1. The number of primary amides is 1. The molecule has 5 nitrogen and oxygen atoms in total. The molecule has 3 N–H and O–H groups in total. The molecule has 0 bridgehead atoms. The van der Waals surface area contributed by atoms with Crippen molar-refractivity contribution in [3.8, 4) is 10.4 Å². The van der Waals surface area contributed by atoms with Gasteiger partial charge in [-0.1, -0.05) is 55.8 Å². The van der Waals surface area contributed by atoms with Crippen molar-refractivity contribution in [2.45, 2.75) is 65.7 Å². The lowest BCUT2D eigenvalue weighted by molar-refractivity contribution is 0.0965. The third-order valence-electron chi connectivity index (χ3n) is 7.47. The summed E-state index contributed by atoms with van der Waals surface area (Å²) in [7, 11) is 1.61. The molecule has 0 radical (unpaired) electrons. The number of thiophene rings is 1. The lowest BCUT2D eigenvalue weighted by Crippen LogP contribution is -2.19. The molecule has 7 heteroatoms. The van der Waals surface area contributed by atoms with Crippen LogP contribution < -0.4 is 11.1 Å². The minimum atomic E-state index is -0.442. The van der Waals surface area contributed by atoms with Gasteiger partial charge in [0.05, 0.1) is 16.1 Å². The van der Waals surface area contributed by atoms with Crippen LogP contribution in [0.5, 0.6) is 0 Å². The summed E-state index contributed by atoms with van der Waals surface area (Å²) in [6.45, 7) is 6.14. The summed E-state index contributed by atoms with van der Waals surface area (Å²) in [5.41, 5.74) is 14.4. The van der Waals surface area contributed by atoms with Gasteiger partial charge in [0.15, 0.2) is 0 Å². The summed E-state index contributed by atoms with van der Waals surface area (Å²) in [5, 5.41) is 2.64. The summed E-state index contributed by atoms with van der Waals surface area (Å²) in [6.07, 6.45) is 7.54. The molecule has 0 spiro atoms. The first-order valence-electron chi connectivity index (χ1n) is 14.6. The van der Waals surface area contributed by atoms with E-state index in [-0.39, 0.29) is 11.7 Å². The molecule has 2 aromatic heterocycles. The number of rotatable bonds is 5. The number of aromatic nitrogens is 1. The second kappa shape index (κ2) is 14.4. The second-order valence-corrected chi connectivity index (χ2v) is 12.3. The SMILES string of the molecule is CNC(=O)c1ccc(-c2c3c(nc(CC(C)C)c2C(N)=O)CCC3)s1.Cc1ccc(F)cc1.c1ccc2c(c1)CCC2. The zero-order valence-electron chi connectivity index (χ0n) is 24.9. The van der Waals surface area contributed by atoms with Gasteiger partial charge in [-0.05, 0) is 98.7 Å². The van der Waals surface area contributed by atoms with Gasteiger partial charge in [0, 0.05) is 23.2 Å². The third kappa shape index (κ3) is 7.71. The first-order valence-corrected chi connectivity index (χ1v) is 15.4. The van der Waals surface area contributed by atoms with Gasteiger partial charge >= 0.3 is 0 Å². The number of halogens is 1. The average molecular weight is 586 g/mol. The minimum absolute atomic E-state index is 0.120. The lowest BCUT2D eigenvalue weighted by atomic mass is 9.93. The molecule has 4 aromatic rings. The topological polar surface area (TPSA) is 85.1 Å². The molecule has 2 aromatic carbocycles. The number of hydrogen-bond donors (Lipinski definition) is 2. The van der Waals surface area contributed by atoms with Gasteiger partial charge in [0.25, 0.3) is 11.8 Å². The molecule has 42 heavy (non-hydrogen) atoms. The fourth-order valence-electron chi connectivity index (χ4n) is 5.47. The van der Waals surface area contributed by atoms with Gasteiger partial charge in [-0.2, -0.15) is 0 Å². The number of benzene rings is 2. The summed E-state index contributed by atoms with van der Waals surface area (Å²) < 4.78 is 12.1. The number of nitrogens with two attached hydrogens (primary N) is 1. The first kappa shape index (κ1) is 31.1. The van der Waals surface area contributed by atoms with E-state index in [1.807, 2.05) is 13.0 Å². The lowest BCUT2D eigenvalue weighted by Gasteiger charge is -2.17. The number of nitrogens with one attached hydrogen (secondary N) is 1. The standard InChI is InChI=1S/C19H23N3O2S.C9H10.C7H7F/c1-10(2)9-13-17(18(20)23)16(11-5-4-6-12(11)22-13)14-7-8-15(25-14)19(24)21-3;1-2-5-9-7-3-6-8(9)4-1;1-6-2-4-7(8)5-3-6/h7-8,10H,4-6,9H2,1-3H3,(H2,20,23)(H,21,24);1-2,4-5H,3,6-7H2;2-5H,1H3. The van der Waals surface area contributed by atoms with Crippen LogP contribution >= 0.6 is 11.3 Å². The van der Waals surface area contributed by atoms with E-state index < -0.39 is 5.91 Å². The Morgan fingerprint density at radius 1 is 0.952 bits per heavy atom. The van der Waals surface area contributed by atoms with E-state index in [0.717, 1.165) is 52.2 Å². The third-order valence-corrected chi connectivity index (χ3v) is 8.57. The van der Waals surface area contributed by atoms with Crippen molar-refractivity contribution < 1.29 is 14.0 Å². The molecule has 0 saturated heterocycles. The van der Waals surface area contributed by atoms with Crippen LogP contribution in [0.2, 0.25) is 0 Å². The number of hydrogen-bond acceptors (Lipinski definition) is 4. The number of carbonyl (C=O) groups is 2. The Labute approximate surface area is 252 Å². The smallest absolute Gasteiger partial charge is 0.261 e. The van der Waals surface area contributed by atoms with Crippen molar-refractivity contribution in [1.82, 2.24) is 10.3 Å². The van der Waals surface area contributed by atoms with E-state index in [2.05, 4.69) is 43.4 Å². The summed E-state index contributed by atoms with van der Waals surface area (Å²) in [5.74, 6) is -0.356. The highest BCUT2D eigenvalue weighted by Gasteiger charge is 2.27. The van der Waals surface area contributed by atoms with Crippen molar-refractivity contribution >= 4 is 23.2 Å². The molecular formula is C35H40FN3O2S. The number of amides is 2. The van der Waals surface area contributed by atoms with E-state index in [1.165, 1.54) is 42.7 Å². The molecule has 2 amide bonds. The molecule has 2 aliphatic rings.